The third kappa shape index (κ3) is 4.02. The van der Waals surface area contributed by atoms with Gasteiger partial charge in [-0.1, -0.05) is 12.1 Å². The second-order valence-corrected chi connectivity index (χ2v) is 9.85. The van der Waals surface area contributed by atoms with Crippen LogP contribution in [-0.4, -0.2) is 23.1 Å². The van der Waals surface area contributed by atoms with Gasteiger partial charge in [0.2, 0.25) is 10.0 Å². The van der Waals surface area contributed by atoms with Crippen LogP contribution in [0.25, 0.3) is 0 Å². The fourth-order valence-corrected chi connectivity index (χ4v) is 5.18. The van der Waals surface area contributed by atoms with Crippen molar-refractivity contribution in [3.05, 3.63) is 52.1 Å². The summed E-state index contributed by atoms with van der Waals surface area (Å²) in [6.45, 7) is 9.33. The zero-order chi connectivity index (χ0) is 19.9. The van der Waals surface area contributed by atoms with Crippen LogP contribution in [0.4, 0.5) is 11.4 Å². The first-order valence-electron chi connectivity index (χ1n) is 8.01. The molecule has 2 aromatic carbocycles. The maximum atomic E-state index is 13.1. The molecule has 0 aliphatic rings. The van der Waals surface area contributed by atoms with Crippen molar-refractivity contribution in [2.75, 3.05) is 15.7 Å². The molecule has 26 heavy (non-hydrogen) atoms. The van der Waals surface area contributed by atoms with Gasteiger partial charge in [0, 0.05) is 0 Å². The van der Waals surface area contributed by atoms with Gasteiger partial charge in [-0.05, 0) is 74.6 Å². The molecule has 0 saturated heterocycles. The molecule has 8 heteroatoms. The van der Waals surface area contributed by atoms with E-state index in [0.29, 0.717) is 11.1 Å². The van der Waals surface area contributed by atoms with Crippen molar-refractivity contribution in [1.82, 2.24) is 0 Å². The number of anilines is 2. The highest BCUT2D eigenvalue weighted by Crippen LogP contribution is 2.32. The monoisotopic (exact) mass is 396 g/mol. The number of hydrogen-bond acceptors (Lipinski definition) is 4. The maximum Gasteiger partial charge on any atom is 0.262 e. The highest BCUT2D eigenvalue weighted by molar-refractivity contribution is 7.93. The van der Waals surface area contributed by atoms with Crippen LogP contribution < -0.4 is 9.44 Å². The lowest BCUT2D eigenvalue weighted by molar-refractivity contribution is 0.599. The predicted molar refractivity (Wildman–Crippen MR) is 106 cm³/mol. The van der Waals surface area contributed by atoms with Crippen molar-refractivity contribution < 1.29 is 16.8 Å². The van der Waals surface area contributed by atoms with Gasteiger partial charge in [-0.2, -0.15) is 0 Å². The van der Waals surface area contributed by atoms with Gasteiger partial charge in [0.05, 0.1) is 22.5 Å². The number of rotatable bonds is 5. The molecule has 2 rings (SSSR count). The van der Waals surface area contributed by atoms with E-state index in [0.717, 1.165) is 22.9 Å². The number of hydrogen-bond donors (Lipinski definition) is 2. The Morgan fingerprint density at radius 3 is 1.46 bits per heavy atom. The standard InChI is InChI=1S/C18H24N2O4S2/c1-11-12(2)14(4)18(15(5)13(11)3)26(23,24)20-17-10-8-7-9-16(17)19-25(6,21)22/h7-10,19-20H,1-6H3. The van der Waals surface area contributed by atoms with Gasteiger partial charge in [-0.25, -0.2) is 16.8 Å². The van der Waals surface area contributed by atoms with Gasteiger partial charge >= 0.3 is 0 Å². The molecule has 0 bridgehead atoms. The number of sulfonamides is 2. The molecule has 0 radical (unpaired) electrons. The first-order valence-corrected chi connectivity index (χ1v) is 11.4. The molecule has 0 aliphatic heterocycles. The first kappa shape index (κ1) is 20.3. The molecular formula is C18H24N2O4S2. The molecule has 2 aromatic rings. The van der Waals surface area contributed by atoms with E-state index in [1.807, 2.05) is 20.8 Å². The van der Waals surface area contributed by atoms with Gasteiger partial charge < -0.3 is 0 Å². The minimum atomic E-state index is -3.90. The highest BCUT2D eigenvalue weighted by Gasteiger charge is 2.24. The number of para-hydroxylation sites is 2. The SMILES string of the molecule is Cc1c(C)c(C)c(S(=O)(=O)Nc2ccccc2NS(C)(=O)=O)c(C)c1C. The second kappa shape index (κ2) is 6.92. The molecule has 0 atom stereocenters. The van der Waals surface area contributed by atoms with E-state index in [1.54, 1.807) is 26.0 Å². The Morgan fingerprint density at radius 1 is 0.654 bits per heavy atom. The lowest BCUT2D eigenvalue weighted by Crippen LogP contribution is -2.19. The van der Waals surface area contributed by atoms with E-state index in [1.165, 1.54) is 12.1 Å². The van der Waals surface area contributed by atoms with E-state index in [9.17, 15) is 16.8 Å². The minimum Gasteiger partial charge on any atom is -0.282 e. The van der Waals surface area contributed by atoms with Crippen molar-refractivity contribution in [2.45, 2.75) is 39.5 Å². The molecule has 0 unspecified atom stereocenters. The normalized spacial score (nSPS) is 12.1. The largest absolute Gasteiger partial charge is 0.282 e. The molecule has 0 aromatic heterocycles. The van der Waals surface area contributed by atoms with Gasteiger partial charge in [-0.15, -0.1) is 0 Å². The van der Waals surface area contributed by atoms with Gasteiger partial charge in [0.1, 0.15) is 0 Å². The third-order valence-electron chi connectivity index (χ3n) is 4.67. The number of benzene rings is 2. The third-order valence-corrected chi connectivity index (χ3v) is 6.90. The minimum absolute atomic E-state index is 0.174. The topological polar surface area (TPSA) is 92.3 Å². The Kier molecular flexibility index (Phi) is 5.39. The number of nitrogens with one attached hydrogen (secondary N) is 2. The predicted octanol–water partition coefficient (Wildman–Crippen LogP) is 3.40. The summed E-state index contributed by atoms with van der Waals surface area (Å²) in [6, 6.07) is 6.28. The van der Waals surface area contributed by atoms with E-state index < -0.39 is 20.0 Å². The van der Waals surface area contributed by atoms with Crippen molar-refractivity contribution in [2.24, 2.45) is 0 Å². The molecule has 0 heterocycles. The summed E-state index contributed by atoms with van der Waals surface area (Å²) in [7, 11) is -7.44. The fraction of sp³-hybridized carbons (Fsp3) is 0.333. The van der Waals surface area contributed by atoms with Crippen molar-refractivity contribution in [3.8, 4) is 0 Å². The average molecular weight is 397 g/mol. The zero-order valence-corrected chi connectivity index (χ0v) is 17.4. The first-order chi connectivity index (χ1) is 11.8. The molecule has 6 nitrogen and oxygen atoms in total. The second-order valence-electron chi connectivity index (χ2n) is 6.48. The summed E-state index contributed by atoms with van der Waals surface area (Å²) in [5.41, 5.74) is 4.64. The Labute approximate surface area is 155 Å². The van der Waals surface area contributed by atoms with Crippen LogP contribution in [-0.2, 0) is 20.0 Å². The molecule has 0 spiro atoms. The van der Waals surface area contributed by atoms with Crippen LogP contribution in [0.15, 0.2) is 29.2 Å². The summed E-state index contributed by atoms with van der Waals surface area (Å²) in [4.78, 5) is 0.229. The molecule has 142 valence electrons. The van der Waals surface area contributed by atoms with Crippen LogP contribution >= 0.6 is 0 Å². The molecule has 0 aliphatic carbocycles. The van der Waals surface area contributed by atoms with E-state index >= 15 is 0 Å². The Morgan fingerprint density at radius 2 is 1.04 bits per heavy atom. The Hall–Kier alpha value is -2.06. The van der Waals surface area contributed by atoms with Crippen LogP contribution in [0.5, 0.6) is 0 Å². The van der Waals surface area contributed by atoms with Crippen LogP contribution in [0.1, 0.15) is 27.8 Å². The van der Waals surface area contributed by atoms with Crippen LogP contribution in [0.2, 0.25) is 0 Å². The smallest absolute Gasteiger partial charge is 0.262 e. The summed E-state index contributed by atoms with van der Waals surface area (Å²) in [5.74, 6) is 0. The van der Waals surface area contributed by atoms with E-state index in [-0.39, 0.29) is 16.3 Å². The van der Waals surface area contributed by atoms with Gasteiger partial charge in [0.25, 0.3) is 10.0 Å². The molecule has 0 amide bonds. The molecular weight excluding hydrogens is 372 g/mol. The maximum absolute atomic E-state index is 13.1. The lowest BCUT2D eigenvalue weighted by Gasteiger charge is -2.20. The quantitative estimate of drug-likeness (QED) is 0.810. The van der Waals surface area contributed by atoms with E-state index in [2.05, 4.69) is 9.44 Å². The summed E-state index contributed by atoms with van der Waals surface area (Å²) >= 11 is 0. The van der Waals surface area contributed by atoms with Crippen LogP contribution in [0, 0.1) is 34.6 Å². The molecule has 0 fully saturated rings. The van der Waals surface area contributed by atoms with Crippen molar-refractivity contribution >= 4 is 31.4 Å². The molecule has 2 N–H and O–H groups in total. The van der Waals surface area contributed by atoms with Crippen molar-refractivity contribution in [1.29, 1.82) is 0 Å². The summed E-state index contributed by atoms with van der Waals surface area (Å²) < 4.78 is 54.1. The van der Waals surface area contributed by atoms with E-state index in [4.69, 9.17) is 0 Å². The van der Waals surface area contributed by atoms with Gasteiger partial charge in [0.15, 0.2) is 0 Å². The fourth-order valence-electron chi connectivity index (χ4n) is 2.93. The van der Waals surface area contributed by atoms with Crippen LogP contribution in [0.3, 0.4) is 0 Å². The Bertz CT molecular complexity index is 1040. The average Bonchev–Trinajstić information content (AvgIpc) is 2.51. The lowest BCUT2D eigenvalue weighted by atomic mass is 9.95. The highest BCUT2D eigenvalue weighted by atomic mass is 32.2. The summed E-state index contributed by atoms with van der Waals surface area (Å²) in [5, 5.41) is 0. The summed E-state index contributed by atoms with van der Waals surface area (Å²) in [6.07, 6.45) is 1.01. The van der Waals surface area contributed by atoms with Crippen molar-refractivity contribution in [3.63, 3.8) is 0 Å². The molecule has 0 saturated carbocycles. The van der Waals surface area contributed by atoms with Gasteiger partial charge in [-0.3, -0.25) is 9.44 Å². The Balaban J connectivity index is 2.60. The zero-order valence-electron chi connectivity index (χ0n) is 15.8.